The second-order valence-electron chi connectivity index (χ2n) is 13.3. The fraction of sp³-hybridized carbons (Fsp3) is 0.167. The van der Waals surface area contributed by atoms with Crippen LogP contribution >= 0.6 is 11.3 Å². The van der Waals surface area contributed by atoms with Crippen molar-refractivity contribution in [2.75, 3.05) is 0 Å². The molecule has 0 aliphatic rings. The van der Waals surface area contributed by atoms with Crippen molar-refractivity contribution in [3.8, 4) is 33.8 Å². The maximum Gasteiger partial charge on any atom is 0.123 e. The fourth-order valence-electron chi connectivity index (χ4n) is 6.10. The van der Waals surface area contributed by atoms with Crippen LogP contribution in [-0.4, -0.2) is 27.6 Å². The van der Waals surface area contributed by atoms with Gasteiger partial charge in [0.2, 0.25) is 0 Å². The normalized spacial score (nSPS) is 12.7. The van der Waals surface area contributed by atoms with Gasteiger partial charge in [-0.05, 0) is 72.2 Å². The number of halogens is 1. The average Bonchev–Trinajstić information content (AvgIpc) is 3.70. The van der Waals surface area contributed by atoms with Gasteiger partial charge in [0.05, 0.1) is 24.9 Å². The van der Waals surface area contributed by atoms with Crippen molar-refractivity contribution < 1.29 is 28.6 Å². The molecule has 0 bridgehead atoms. The zero-order valence-corrected chi connectivity index (χ0v) is 32.6. The maximum atomic E-state index is 13.4. The number of aryl methyl sites for hydroxylation is 1. The molecule has 0 saturated carbocycles. The molecule has 0 aliphatic heterocycles. The summed E-state index contributed by atoms with van der Waals surface area (Å²) in [5.74, 6) is 0.689. The number of rotatable bonds is 5. The smallest absolute Gasteiger partial charge is 0.123 e. The summed E-state index contributed by atoms with van der Waals surface area (Å²) in [4.78, 5) is 15.1. The average molecular weight is 872 g/mol. The van der Waals surface area contributed by atoms with Crippen molar-refractivity contribution >= 4 is 55.9 Å². The van der Waals surface area contributed by atoms with Crippen molar-refractivity contribution in [3.05, 3.63) is 133 Å². The third-order valence-corrected chi connectivity index (χ3v) is 11.7. The Labute approximate surface area is 315 Å². The van der Waals surface area contributed by atoms with Crippen LogP contribution in [0.15, 0.2) is 109 Å². The summed E-state index contributed by atoms with van der Waals surface area (Å²) in [6, 6.07) is 39.1. The number of hydrogen-bond acceptors (Lipinski definition) is 4. The van der Waals surface area contributed by atoms with Gasteiger partial charge < -0.3 is 9.55 Å². The molecule has 50 heavy (non-hydrogen) atoms. The van der Waals surface area contributed by atoms with E-state index >= 15 is 0 Å². The Bertz CT molecular complexity index is 2540. The third-order valence-electron chi connectivity index (χ3n) is 8.49. The van der Waals surface area contributed by atoms with E-state index in [0.29, 0.717) is 5.69 Å². The summed E-state index contributed by atoms with van der Waals surface area (Å²) in [6.45, 7) is 8.58. The molecule has 0 amide bonds. The largest absolute Gasteiger partial charge is 0.362 e. The Morgan fingerprint density at radius 2 is 1.62 bits per heavy atom. The SMILES string of the molecule is CC(C)n1c(-c2[c-]ccc3c2sc2ncc(-c4ccc(F)cc4)cc23)nc2ccccc21.[2H]C([2H])([2H])c1nc(-c2[c-]cccc2)ccc1[Si](C)(C)C.[Ir]. The minimum absolute atomic E-state index is 0. The van der Waals surface area contributed by atoms with Crippen LogP contribution in [-0.2, 0) is 20.1 Å². The van der Waals surface area contributed by atoms with Gasteiger partial charge in [-0.2, -0.15) is 11.3 Å². The van der Waals surface area contributed by atoms with E-state index in [-0.39, 0.29) is 37.7 Å². The van der Waals surface area contributed by atoms with Crippen LogP contribution in [0.5, 0.6) is 0 Å². The summed E-state index contributed by atoms with van der Waals surface area (Å²) in [7, 11) is -1.74. The van der Waals surface area contributed by atoms with Gasteiger partial charge in [0.1, 0.15) is 10.6 Å². The van der Waals surface area contributed by atoms with Gasteiger partial charge >= 0.3 is 0 Å². The summed E-state index contributed by atoms with van der Waals surface area (Å²) >= 11 is 1.66. The number of benzene rings is 4. The van der Waals surface area contributed by atoms with Crippen LogP contribution in [0.3, 0.4) is 0 Å². The Hall–Kier alpha value is -4.33. The van der Waals surface area contributed by atoms with E-state index in [9.17, 15) is 4.39 Å². The van der Waals surface area contributed by atoms with Crippen molar-refractivity contribution in [3.63, 3.8) is 0 Å². The number of para-hydroxylation sites is 2. The standard InChI is InChI=1S/C27H19FN3S.C15H18NSi.Ir/c1-16(2)31-24-9-4-3-8-23(24)30-26(31)21-7-5-6-20-22-14-18(15-29-27(22)32-25(20)21)17-10-12-19(28)13-11-17;1-12-15(17(2,3)4)11-10-14(16-12)13-8-6-5-7-9-13;/h3-6,8-16H,1-2H3;5-8,10-11H,1-4H3;/q2*-1;/i;1D3;. The Morgan fingerprint density at radius 1 is 0.840 bits per heavy atom. The molecule has 1 radical (unpaired) electrons. The van der Waals surface area contributed by atoms with Gasteiger partial charge in [0.15, 0.2) is 0 Å². The first kappa shape index (κ1) is 31.6. The summed E-state index contributed by atoms with van der Waals surface area (Å²) in [5.41, 5.74) is 6.76. The fourth-order valence-corrected chi connectivity index (χ4v) is 8.57. The first-order valence-electron chi connectivity index (χ1n) is 17.7. The van der Waals surface area contributed by atoms with E-state index in [4.69, 9.17) is 14.1 Å². The topological polar surface area (TPSA) is 43.6 Å². The first-order chi connectivity index (χ1) is 24.8. The van der Waals surface area contributed by atoms with E-state index in [1.807, 2.05) is 48.7 Å². The summed E-state index contributed by atoms with van der Waals surface area (Å²) < 4.78 is 40.0. The molecule has 4 nitrogen and oxygen atoms in total. The molecule has 4 aromatic carbocycles. The number of imidazole rings is 1. The molecule has 8 rings (SSSR count). The summed E-state index contributed by atoms with van der Waals surface area (Å²) in [5, 5.41) is 3.13. The van der Waals surface area contributed by atoms with Crippen LogP contribution in [0, 0.1) is 24.8 Å². The van der Waals surface area contributed by atoms with E-state index in [0.717, 1.165) is 64.6 Å². The minimum atomic E-state index is -2.18. The van der Waals surface area contributed by atoms with Crippen molar-refractivity contribution in [1.82, 2.24) is 19.5 Å². The molecule has 0 atom stereocenters. The molecule has 0 unspecified atom stereocenters. The molecule has 0 fully saturated rings. The number of pyridine rings is 2. The van der Waals surface area contributed by atoms with Crippen LogP contribution in [0.25, 0.3) is 65.1 Å². The monoisotopic (exact) mass is 872 g/mol. The van der Waals surface area contributed by atoms with Crippen LogP contribution in [0.2, 0.25) is 19.6 Å². The van der Waals surface area contributed by atoms with E-state index in [1.165, 1.54) is 12.1 Å². The predicted octanol–water partition coefficient (Wildman–Crippen LogP) is 11.1. The first-order valence-corrected chi connectivity index (χ1v) is 20.6. The molecule has 8 heteroatoms. The number of aromatic nitrogens is 4. The van der Waals surface area contributed by atoms with E-state index in [1.54, 1.807) is 29.5 Å². The van der Waals surface area contributed by atoms with Crippen LogP contribution < -0.4 is 5.19 Å². The van der Waals surface area contributed by atoms with Crippen LogP contribution in [0.4, 0.5) is 4.39 Å². The molecule has 253 valence electrons. The summed E-state index contributed by atoms with van der Waals surface area (Å²) in [6.07, 6.45) is 1.86. The second kappa shape index (κ2) is 14.5. The molecular weight excluding hydrogens is 832 g/mol. The maximum absolute atomic E-state index is 13.4. The molecule has 0 saturated heterocycles. The number of fused-ring (bicyclic) bond motifs is 4. The van der Waals surface area contributed by atoms with Gasteiger partial charge in [0.25, 0.3) is 0 Å². The Balaban J connectivity index is 0.000000199. The van der Waals surface area contributed by atoms with E-state index < -0.39 is 14.9 Å². The van der Waals surface area contributed by atoms with Crippen molar-refractivity contribution in [2.45, 2.75) is 46.4 Å². The molecule has 4 aromatic heterocycles. The molecule has 0 spiro atoms. The van der Waals surface area contributed by atoms with Gasteiger partial charge in [-0.3, -0.25) is 4.98 Å². The molecule has 4 heterocycles. The second-order valence-corrected chi connectivity index (χ2v) is 19.3. The van der Waals surface area contributed by atoms with Crippen molar-refractivity contribution in [1.29, 1.82) is 0 Å². The molecule has 0 N–H and O–H groups in total. The zero-order valence-electron chi connectivity index (χ0n) is 31.4. The third kappa shape index (κ3) is 6.99. The van der Waals surface area contributed by atoms with Gasteiger partial charge in [-0.25, -0.2) is 9.37 Å². The van der Waals surface area contributed by atoms with Gasteiger partial charge in [0, 0.05) is 53.1 Å². The van der Waals surface area contributed by atoms with Crippen molar-refractivity contribution in [2.24, 2.45) is 0 Å². The van der Waals surface area contributed by atoms with Gasteiger partial charge in [-0.15, -0.1) is 54.1 Å². The van der Waals surface area contributed by atoms with Crippen LogP contribution in [0.1, 0.15) is 29.7 Å². The predicted molar refractivity (Wildman–Crippen MR) is 207 cm³/mol. The Kier molecular flexibility index (Phi) is 9.17. The minimum Gasteiger partial charge on any atom is -0.362 e. The number of nitrogens with zero attached hydrogens (tertiary/aromatic N) is 4. The van der Waals surface area contributed by atoms with E-state index in [2.05, 4.69) is 85.5 Å². The molecule has 0 aliphatic carbocycles. The Morgan fingerprint density at radius 3 is 2.34 bits per heavy atom. The molecule has 8 aromatic rings. The number of hydrogen-bond donors (Lipinski definition) is 0. The van der Waals surface area contributed by atoms with Gasteiger partial charge in [-0.1, -0.05) is 67.0 Å². The zero-order chi connectivity index (χ0) is 36.8. The number of thiophene rings is 1. The molecular formula is C42H37FIrN4SSi-2. The quantitative estimate of drug-likeness (QED) is 0.128.